The van der Waals surface area contributed by atoms with Gasteiger partial charge in [-0.3, -0.25) is 4.79 Å². The summed E-state index contributed by atoms with van der Waals surface area (Å²) in [6.45, 7) is 9.38. The van der Waals surface area contributed by atoms with Gasteiger partial charge in [0.15, 0.2) is 0 Å². The summed E-state index contributed by atoms with van der Waals surface area (Å²) in [4.78, 5) is 18.5. The molecule has 3 nitrogen and oxygen atoms in total. The summed E-state index contributed by atoms with van der Waals surface area (Å²) in [5.74, 6) is -0.00529. The highest BCUT2D eigenvalue weighted by atomic mass is 32.1. The van der Waals surface area contributed by atoms with Gasteiger partial charge in [-0.25, -0.2) is 4.98 Å². The second-order valence-corrected chi connectivity index (χ2v) is 7.94. The molecular weight excluding hydrogens is 304 g/mol. The second-order valence-electron chi connectivity index (χ2n) is 6.91. The molecule has 4 heteroatoms. The molecule has 1 N–H and O–H groups in total. The van der Waals surface area contributed by atoms with Crippen LogP contribution in [-0.4, -0.2) is 17.4 Å². The van der Waals surface area contributed by atoms with Crippen molar-refractivity contribution >= 4 is 38.4 Å². The molecule has 0 fully saturated rings. The van der Waals surface area contributed by atoms with Gasteiger partial charge in [-0.05, 0) is 41.7 Å². The Morgan fingerprint density at radius 3 is 2.65 bits per heavy atom. The molecular formula is C19H22N2OS. The average Bonchev–Trinajstić information content (AvgIpc) is 2.91. The third kappa shape index (κ3) is 3.22. The van der Waals surface area contributed by atoms with E-state index in [1.165, 1.54) is 16.9 Å². The Morgan fingerprint density at radius 2 is 1.96 bits per heavy atom. The van der Waals surface area contributed by atoms with Crippen molar-refractivity contribution in [3.05, 3.63) is 40.8 Å². The number of amides is 1. The summed E-state index contributed by atoms with van der Waals surface area (Å²) in [6, 6.07) is 10.5. The first-order valence-electron chi connectivity index (χ1n) is 8.01. The number of benzene rings is 1. The van der Waals surface area contributed by atoms with E-state index in [0.717, 1.165) is 32.4 Å². The lowest BCUT2D eigenvalue weighted by Gasteiger charge is -2.19. The van der Waals surface area contributed by atoms with E-state index in [4.69, 9.17) is 4.98 Å². The van der Waals surface area contributed by atoms with Crippen molar-refractivity contribution in [2.45, 2.75) is 39.5 Å². The van der Waals surface area contributed by atoms with Crippen LogP contribution in [0, 0.1) is 0 Å². The lowest BCUT2D eigenvalue weighted by Crippen LogP contribution is -2.22. The van der Waals surface area contributed by atoms with E-state index in [0.29, 0.717) is 6.54 Å². The van der Waals surface area contributed by atoms with E-state index in [1.807, 2.05) is 13.0 Å². The number of nitrogens with zero attached hydrogens (tertiary/aromatic N) is 1. The van der Waals surface area contributed by atoms with Crippen molar-refractivity contribution in [2.24, 2.45) is 0 Å². The van der Waals surface area contributed by atoms with E-state index in [-0.39, 0.29) is 11.3 Å². The van der Waals surface area contributed by atoms with Gasteiger partial charge < -0.3 is 5.32 Å². The number of pyridine rings is 1. The Hall–Kier alpha value is -1.94. The molecule has 2 aromatic heterocycles. The molecule has 0 aliphatic carbocycles. The number of fused-ring (bicyclic) bond motifs is 2. The van der Waals surface area contributed by atoms with E-state index >= 15 is 0 Å². The zero-order valence-corrected chi connectivity index (χ0v) is 14.9. The van der Waals surface area contributed by atoms with Crippen LogP contribution in [0.2, 0.25) is 0 Å². The summed E-state index contributed by atoms with van der Waals surface area (Å²) < 4.78 is 0. The first kappa shape index (κ1) is 15.9. The van der Waals surface area contributed by atoms with Gasteiger partial charge >= 0.3 is 0 Å². The first-order chi connectivity index (χ1) is 10.9. The molecule has 3 rings (SSSR count). The minimum Gasteiger partial charge on any atom is -0.351 e. The Bertz CT molecular complexity index is 874. The van der Waals surface area contributed by atoms with Crippen LogP contribution in [0.3, 0.4) is 0 Å². The van der Waals surface area contributed by atoms with Crippen LogP contribution >= 0.6 is 11.3 Å². The van der Waals surface area contributed by atoms with Crippen molar-refractivity contribution in [3.63, 3.8) is 0 Å². The van der Waals surface area contributed by atoms with E-state index in [2.05, 4.69) is 50.4 Å². The molecule has 0 unspecified atom stereocenters. The Morgan fingerprint density at radius 1 is 1.17 bits per heavy atom. The normalized spacial score (nSPS) is 12.0. The van der Waals surface area contributed by atoms with Gasteiger partial charge in [-0.1, -0.05) is 33.8 Å². The monoisotopic (exact) mass is 326 g/mol. The molecule has 0 aliphatic heterocycles. The van der Waals surface area contributed by atoms with E-state index < -0.39 is 0 Å². The maximum atomic E-state index is 12.1. The fourth-order valence-electron chi connectivity index (χ4n) is 2.54. The molecule has 1 aromatic carbocycles. The van der Waals surface area contributed by atoms with Gasteiger partial charge in [0.05, 0.1) is 10.4 Å². The van der Waals surface area contributed by atoms with Crippen LogP contribution in [0.5, 0.6) is 0 Å². The minimum absolute atomic E-state index is 0.00529. The predicted molar refractivity (Wildman–Crippen MR) is 98.5 cm³/mol. The molecule has 0 aliphatic rings. The summed E-state index contributed by atoms with van der Waals surface area (Å²) >= 11 is 1.46. The van der Waals surface area contributed by atoms with E-state index in [9.17, 15) is 4.79 Å². The lowest BCUT2D eigenvalue weighted by atomic mass is 9.86. The van der Waals surface area contributed by atoms with Crippen molar-refractivity contribution in [2.75, 3.05) is 6.54 Å². The number of thiophene rings is 1. The Labute approximate surface area is 140 Å². The number of carbonyl (C=O) groups excluding carboxylic acids is 1. The zero-order chi connectivity index (χ0) is 16.6. The third-order valence-electron chi connectivity index (χ3n) is 3.93. The highest BCUT2D eigenvalue weighted by Crippen LogP contribution is 2.30. The number of aromatic nitrogens is 1. The fourth-order valence-corrected chi connectivity index (χ4v) is 3.48. The number of hydrogen-bond donors (Lipinski definition) is 1. The highest BCUT2D eigenvalue weighted by molar-refractivity contribution is 7.20. The van der Waals surface area contributed by atoms with Crippen LogP contribution < -0.4 is 5.32 Å². The molecule has 120 valence electrons. The third-order valence-corrected chi connectivity index (χ3v) is 4.97. The number of nitrogens with one attached hydrogen (secondary N) is 1. The Balaban J connectivity index is 2.05. The van der Waals surface area contributed by atoms with Crippen LogP contribution in [-0.2, 0) is 5.41 Å². The molecule has 0 spiro atoms. The molecule has 0 bridgehead atoms. The topological polar surface area (TPSA) is 42.0 Å². The average molecular weight is 326 g/mol. The van der Waals surface area contributed by atoms with Crippen LogP contribution in [0.1, 0.15) is 49.4 Å². The molecule has 3 aromatic rings. The summed E-state index contributed by atoms with van der Waals surface area (Å²) in [5, 5.41) is 5.09. The van der Waals surface area contributed by atoms with Crippen LogP contribution in [0.15, 0.2) is 30.3 Å². The van der Waals surface area contributed by atoms with Gasteiger partial charge in [-0.15, -0.1) is 11.3 Å². The van der Waals surface area contributed by atoms with Gasteiger partial charge in [0.2, 0.25) is 0 Å². The SMILES string of the molecule is CCCNC(=O)c1cc2cc3cc(C(C)(C)C)ccc3nc2s1. The summed E-state index contributed by atoms with van der Waals surface area (Å²) in [6.07, 6.45) is 0.939. The fraction of sp³-hybridized carbons (Fsp3) is 0.368. The van der Waals surface area contributed by atoms with Crippen molar-refractivity contribution in [1.29, 1.82) is 0 Å². The molecule has 23 heavy (non-hydrogen) atoms. The number of carbonyl (C=O) groups is 1. The largest absolute Gasteiger partial charge is 0.351 e. The molecule has 2 heterocycles. The molecule has 0 atom stereocenters. The van der Waals surface area contributed by atoms with E-state index in [1.54, 1.807) is 0 Å². The predicted octanol–water partition coefficient (Wildman–Crippen LogP) is 4.89. The highest BCUT2D eigenvalue weighted by Gasteiger charge is 2.15. The Kier molecular flexibility index (Phi) is 4.11. The number of rotatable bonds is 3. The standard InChI is InChI=1S/C19H22N2OS/c1-5-8-20-17(22)16-11-13-9-12-10-14(19(2,3)4)6-7-15(12)21-18(13)23-16/h6-7,9-11H,5,8H2,1-4H3,(H,20,22). The van der Waals surface area contributed by atoms with Crippen molar-refractivity contribution < 1.29 is 4.79 Å². The molecule has 0 saturated heterocycles. The zero-order valence-electron chi connectivity index (χ0n) is 14.1. The first-order valence-corrected chi connectivity index (χ1v) is 8.83. The second kappa shape index (κ2) is 5.93. The summed E-state index contributed by atoms with van der Waals surface area (Å²) in [5.41, 5.74) is 2.39. The minimum atomic E-state index is -0.00529. The molecule has 1 amide bonds. The van der Waals surface area contributed by atoms with Gasteiger partial charge in [0.1, 0.15) is 4.83 Å². The van der Waals surface area contributed by atoms with Gasteiger partial charge in [-0.2, -0.15) is 0 Å². The molecule has 0 saturated carbocycles. The number of hydrogen-bond acceptors (Lipinski definition) is 3. The van der Waals surface area contributed by atoms with Crippen molar-refractivity contribution in [3.8, 4) is 0 Å². The van der Waals surface area contributed by atoms with Gasteiger partial charge in [0, 0.05) is 17.3 Å². The van der Waals surface area contributed by atoms with Crippen LogP contribution in [0.25, 0.3) is 21.1 Å². The van der Waals surface area contributed by atoms with Crippen molar-refractivity contribution in [1.82, 2.24) is 10.3 Å². The quantitative estimate of drug-likeness (QED) is 0.745. The lowest BCUT2D eigenvalue weighted by molar-refractivity contribution is 0.0958. The van der Waals surface area contributed by atoms with Crippen LogP contribution in [0.4, 0.5) is 0 Å². The smallest absolute Gasteiger partial charge is 0.261 e. The molecule has 0 radical (unpaired) electrons. The van der Waals surface area contributed by atoms with Gasteiger partial charge in [0.25, 0.3) is 5.91 Å². The maximum Gasteiger partial charge on any atom is 0.261 e. The summed E-state index contributed by atoms with van der Waals surface area (Å²) in [7, 11) is 0. The maximum absolute atomic E-state index is 12.1.